The summed E-state index contributed by atoms with van der Waals surface area (Å²) in [6.07, 6.45) is 59.5. The van der Waals surface area contributed by atoms with E-state index in [1.165, 1.54) is 173 Å². The normalized spacial score (nSPS) is 20.1. The maximum absolute atomic E-state index is 6.83. The third kappa shape index (κ3) is 21.7. The van der Waals surface area contributed by atoms with Gasteiger partial charge in [0.25, 0.3) is 0 Å². The SMILES string of the molecule is CCCCC/C=C\C/C=C\CCCCCCCCC1(CCCCCCCC/C=C\C/C=C\CCCCC)O[C@H]2CCCCC[C@@H]2O1. The van der Waals surface area contributed by atoms with Crippen molar-refractivity contribution in [2.45, 2.75) is 231 Å². The fourth-order valence-corrected chi connectivity index (χ4v) is 7.21. The Labute approximate surface area is 288 Å². The van der Waals surface area contributed by atoms with Crippen LogP contribution >= 0.6 is 0 Å². The smallest absolute Gasteiger partial charge is 0.169 e. The van der Waals surface area contributed by atoms with Gasteiger partial charge in [-0.25, -0.2) is 0 Å². The van der Waals surface area contributed by atoms with Crippen molar-refractivity contribution >= 4 is 0 Å². The Morgan fingerprint density at radius 1 is 0.413 bits per heavy atom. The number of fused-ring (bicyclic) bond motifs is 1. The number of rotatable bonds is 30. The lowest BCUT2D eigenvalue weighted by atomic mass is 9.98. The Morgan fingerprint density at radius 3 is 1.15 bits per heavy atom. The topological polar surface area (TPSA) is 18.5 Å². The quantitative estimate of drug-likeness (QED) is 0.0575. The van der Waals surface area contributed by atoms with E-state index in [4.69, 9.17) is 9.47 Å². The van der Waals surface area contributed by atoms with Gasteiger partial charge in [0, 0.05) is 12.8 Å². The molecule has 0 aromatic rings. The second-order valence-electron chi connectivity index (χ2n) is 14.5. The molecular weight excluding hydrogens is 560 g/mol. The van der Waals surface area contributed by atoms with Crippen molar-refractivity contribution in [2.75, 3.05) is 0 Å². The Hall–Kier alpha value is -1.12. The minimum absolute atomic E-state index is 0.281. The monoisotopic (exact) mass is 639 g/mol. The first-order valence-electron chi connectivity index (χ1n) is 20.8. The molecule has 0 amide bonds. The Balaban J connectivity index is 1.53. The van der Waals surface area contributed by atoms with Gasteiger partial charge in [-0.15, -0.1) is 0 Å². The van der Waals surface area contributed by atoms with Crippen LogP contribution in [0.5, 0.6) is 0 Å². The van der Waals surface area contributed by atoms with Crippen LogP contribution in [-0.4, -0.2) is 18.0 Å². The van der Waals surface area contributed by atoms with Crippen LogP contribution in [0.2, 0.25) is 0 Å². The first kappa shape index (κ1) is 41.1. The summed E-state index contributed by atoms with van der Waals surface area (Å²) in [5, 5.41) is 0. The fourth-order valence-electron chi connectivity index (χ4n) is 7.21. The van der Waals surface area contributed by atoms with Crippen LogP contribution in [0.25, 0.3) is 0 Å². The van der Waals surface area contributed by atoms with Crippen LogP contribution in [0.3, 0.4) is 0 Å². The average Bonchev–Trinajstić information content (AvgIpc) is 3.26. The zero-order valence-electron chi connectivity index (χ0n) is 31.0. The molecule has 1 aliphatic heterocycles. The van der Waals surface area contributed by atoms with E-state index in [9.17, 15) is 0 Å². The molecule has 0 bridgehead atoms. The molecule has 0 aromatic carbocycles. The van der Waals surface area contributed by atoms with Crippen LogP contribution in [0.1, 0.15) is 213 Å². The summed E-state index contributed by atoms with van der Waals surface area (Å²) in [6, 6.07) is 0. The highest BCUT2D eigenvalue weighted by Crippen LogP contribution is 2.42. The van der Waals surface area contributed by atoms with E-state index >= 15 is 0 Å². The van der Waals surface area contributed by atoms with Crippen LogP contribution in [0, 0.1) is 0 Å². The molecule has 1 aliphatic carbocycles. The molecule has 2 fully saturated rings. The summed E-state index contributed by atoms with van der Waals surface area (Å²) < 4.78 is 13.7. The summed E-state index contributed by atoms with van der Waals surface area (Å²) in [4.78, 5) is 0. The van der Waals surface area contributed by atoms with E-state index in [0.717, 1.165) is 25.7 Å². The molecular formula is C44H78O2. The van der Waals surface area contributed by atoms with Gasteiger partial charge in [0.1, 0.15) is 0 Å². The minimum Gasteiger partial charge on any atom is -0.344 e. The lowest BCUT2D eigenvalue weighted by Gasteiger charge is -2.29. The highest BCUT2D eigenvalue weighted by molar-refractivity contribution is 4.94. The molecule has 266 valence electrons. The maximum Gasteiger partial charge on any atom is 0.169 e. The molecule has 2 rings (SSSR count). The maximum atomic E-state index is 6.83. The molecule has 46 heavy (non-hydrogen) atoms. The number of allylic oxidation sites excluding steroid dienone is 8. The third-order valence-electron chi connectivity index (χ3n) is 10.1. The van der Waals surface area contributed by atoms with Gasteiger partial charge in [-0.05, 0) is 89.9 Å². The van der Waals surface area contributed by atoms with Crippen molar-refractivity contribution in [2.24, 2.45) is 0 Å². The minimum atomic E-state index is -0.281. The van der Waals surface area contributed by atoms with Crippen molar-refractivity contribution in [1.29, 1.82) is 0 Å². The standard InChI is InChI=1S/C44H78O2/c1-3-5-7-9-11-13-15-17-19-21-23-25-27-29-31-36-40-44(45-42-38-34-33-35-39-43(42)46-44)41-37-32-30-28-26-24-22-20-18-16-14-12-10-8-6-4-2/h11-14,17-20,42-43H,3-10,15-16,21-41H2,1-2H3/b13-11-,14-12-,19-17-,20-18-/t42-,43-/m0/s1. The predicted molar refractivity (Wildman–Crippen MR) is 204 cm³/mol. The summed E-state index contributed by atoms with van der Waals surface area (Å²) in [7, 11) is 0. The molecule has 0 spiro atoms. The molecule has 1 saturated heterocycles. The van der Waals surface area contributed by atoms with Gasteiger partial charge in [0.05, 0.1) is 12.2 Å². The molecule has 2 atom stereocenters. The summed E-state index contributed by atoms with van der Waals surface area (Å²) in [5.74, 6) is -0.281. The average molecular weight is 639 g/mol. The molecule has 0 aromatic heterocycles. The van der Waals surface area contributed by atoms with Gasteiger partial charge in [0.2, 0.25) is 0 Å². The number of hydrogen-bond acceptors (Lipinski definition) is 2. The lowest BCUT2D eigenvalue weighted by Crippen LogP contribution is -2.31. The van der Waals surface area contributed by atoms with Gasteiger partial charge in [-0.2, -0.15) is 0 Å². The van der Waals surface area contributed by atoms with Gasteiger partial charge in [-0.1, -0.05) is 159 Å². The van der Waals surface area contributed by atoms with Crippen molar-refractivity contribution in [1.82, 2.24) is 0 Å². The van der Waals surface area contributed by atoms with E-state index in [1.54, 1.807) is 0 Å². The van der Waals surface area contributed by atoms with Crippen molar-refractivity contribution in [3.05, 3.63) is 48.6 Å². The van der Waals surface area contributed by atoms with Crippen molar-refractivity contribution in [3.63, 3.8) is 0 Å². The Bertz CT molecular complexity index is 713. The van der Waals surface area contributed by atoms with Crippen LogP contribution in [-0.2, 0) is 9.47 Å². The first-order valence-corrected chi connectivity index (χ1v) is 20.8. The van der Waals surface area contributed by atoms with E-state index in [-0.39, 0.29) is 5.79 Å². The van der Waals surface area contributed by atoms with Crippen LogP contribution in [0.4, 0.5) is 0 Å². The highest BCUT2D eigenvalue weighted by Gasteiger charge is 2.46. The molecule has 0 radical (unpaired) electrons. The van der Waals surface area contributed by atoms with Crippen LogP contribution < -0.4 is 0 Å². The largest absolute Gasteiger partial charge is 0.344 e. The summed E-state index contributed by atoms with van der Waals surface area (Å²) in [6.45, 7) is 4.54. The van der Waals surface area contributed by atoms with E-state index in [1.807, 2.05) is 0 Å². The molecule has 0 N–H and O–H groups in total. The second-order valence-corrected chi connectivity index (χ2v) is 14.5. The zero-order chi connectivity index (χ0) is 32.6. The molecule has 1 saturated carbocycles. The summed E-state index contributed by atoms with van der Waals surface area (Å²) >= 11 is 0. The van der Waals surface area contributed by atoms with Gasteiger partial charge in [0.15, 0.2) is 5.79 Å². The van der Waals surface area contributed by atoms with E-state index in [2.05, 4.69) is 62.5 Å². The Morgan fingerprint density at radius 2 is 0.761 bits per heavy atom. The number of ether oxygens (including phenoxy) is 2. The molecule has 2 heteroatoms. The summed E-state index contributed by atoms with van der Waals surface area (Å²) in [5.41, 5.74) is 0. The first-order chi connectivity index (χ1) is 22.8. The second kappa shape index (κ2) is 30.0. The van der Waals surface area contributed by atoms with Crippen molar-refractivity contribution < 1.29 is 9.47 Å². The van der Waals surface area contributed by atoms with Gasteiger partial charge >= 0.3 is 0 Å². The molecule has 0 unspecified atom stereocenters. The van der Waals surface area contributed by atoms with Crippen molar-refractivity contribution in [3.8, 4) is 0 Å². The molecule has 2 aliphatic rings. The van der Waals surface area contributed by atoms with Gasteiger partial charge in [-0.3, -0.25) is 0 Å². The van der Waals surface area contributed by atoms with Crippen LogP contribution in [0.15, 0.2) is 48.6 Å². The fraction of sp³-hybridized carbons (Fsp3) is 0.818. The zero-order valence-corrected chi connectivity index (χ0v) is 31.0. The molecule has 1 heterocycles. The number of hydrogen-bond donors (Lipinski definition) is 0. The van der Waals surface area contributed by atoms with Gasteiger partial charge < -0.3 is 9.47 Å². The number of unbranched alkanes of at least 4 members (excludes halogenated alkanes) is 18. The predicted octanol–water partition coefficient (Wildman–Crippen LogP) is 14.8. The van der Waals surface area contributed by atoms with E-state index in [0.29, 0.717) is 12.2 Å². The molecule has 2 nitrogen and oxygen atoms in total. The highest BCUT2D eigenvalue weighted by atomic mass is 16.8. The van der Waals surface area contributed by atoms with E-state index < -0.39 is 0 Å². The Kier molecular flexibility index (Phi) is 26.8. The third-order valence-corrected chi connectivity index (χ3v) is 10.1. The lowest BCUT2D eigenvalue weighted by molar-refractivity contribution is -0.188.